The summed E-state index contributed by atoms with van der Waals surface area (Å²) in [7, 11) is 0. The number of ether oxygens (including phenoxy) is 2. The summed E-state index contributed by atoms with van der Waals surface area (Å²) >= 11 is 0. The van der Waals surface area contributed by atoms with E-state index in [-0.39, 0.29) is 30.1 Å². The molecule has 0 spiro atoms. The topological polar surface area (TPSA) is 80.7 Å². The highest BCUT2D eigenvalue weighted by Crippen LogP contribution is 2.39. The summed E-state index contributed by atoms with van der Waals surface area (Å²) in [6.07, 6.45) is 11.2. The zero-order valence-corrected chi connectivity index (χ0v) is 17.0. The standard InChI is InChI=1S/C24H26N2O4/c1-3-17-9-11-18(12-10-17)21-15-22(23(28)26-19-7-5-13-25-16-19)30-24(29-4-2)20(21)8-6-14-27/h1,5,7,9-13,15-16,20-21,24,27H,4,6,8,14H2,2H3,(H,26,28)/t20-,21+,24+/m1/s1. The molecule has 0 saturated heterocycles. The molecule has 2 N–H and O–H groups in total. The molecule has 0 fully saturated rings. The molecule has 0 bridgehead atoms. The Hall–Kier alpha value is -3.14. The summed E-state index contributed by atoms with van der Waals surface area (Å²) in [5.74, 6) is 2.28. The van der Waals surface area contributed by atoms with Crippen molar-refractivity contribution in [1.29, 1.82) is 0 Å². The zero-order valence-electron chi connectivity index (χ0n) is 17.0. The third-order valence-electron chi connectivity index (χ3n) is 5.02. The molecule has 1 aliphatic heterocycles. The monoisotopic (exact) mass is 406 g/mol. The van der Waals surface area contributed by atoms with Crippen LogP contribution < -0.4 is 5.32 Å². The maximum absolute atomic E-state index is 12.9. The van der Waals surface area contributed by atoms with E-state index in [1.807, 2.05) is 37.3 Å². The summed E-state index contributed by atoms with van der Waals surface area (Å²) in [4.78, 5) is 16.9. The summed E-state index contributed by atoms with van der Waals surface area (Å²) in [5, 5.41) is 12.2. The summed E-state index contributed by atoms with van der Waals surface area (Å²) in [5.41, 5.74) is 2.38. The van der Waals surface area contributed by atoms with Crippen molar-refractivity contribution in [1.82, 2.24) is 4.98 Å². The van der Waals surface area contributed by atoms with Crippen molar-refractivity contribution >= 4 is 11.6 Å². The van der Waals surface area contributed by atoms with Crippen molar-refractivity contribution in [2.75, 3.05) is 18.5 Å². The van der Waals surface area contributed by atoms with E-state index in [9.17, 15) is 9.90 Å². The number of hydrogen-bond donors (Lipinski definition) is 2. The number of terminal acetylenes is 1. The van der Waals surface area contributed by atoms with Crippen LogP contribution in [0.1, 0.15) is 36.8 Å². The highest BCUT2D eigenvalue weighted by Gasteiger charge is 2.37. The van der Waals surface area contributed by atoms with Gasteiger partial charge in [-0.3, -0.25) is 9.78 Å². The second-order valence-electron chi connectivity index (χ2n) is 6.99. The first-order valence-corrected chi connectivity index (χ1v) is 10.0. The van der Waals surface area contributed by atoms with Gasteiger partial charge in [0.25, 0.3) is 5.91 Å². The lowest BCUT2D eigenvalue weighted by Gasteiger charge is -2.37. The van der Waals surface area contributed by atoms with Gasteiger partial charge in [0, 0.05) is 36.8 Å². The molecular formula is C24H26N2O4. The van der Waals surface area contributed by atoms with Crippen LogP contribution in [0.4, 0.5) is 5.69 Å². The van der Waals surface area contributed by atoms with E-state index < -0.39 is 6.29 Å². The van der Waals surface area contributed by atoms with Gasteiger partial charge in [0.1, 0.15) is 0 Å². The van der Waals surface area contributed by atoms with Crippen molar-refractivity contribution < 1.29 is 19.4 Å². The van der Waals surface area contributed by atoms with Crippen LogP contribution in [0.3, 0.4) is 0 Å². The van der Waals surface area contributed by atoms with E-state index in [0.717, 1.165) is 11.1 Å². The molecule has 1 aromatic carbocycles. The molecule has 30 heavy (non-hydrogen) atoms. The lowest BCUT2D eigenvalue weighted by Crippen LogP contribution is -2.37. The molecule has 0 radical (unpaired) electrons. The predicted molar refractivity (Wildman–Crippen MR) is 114 cm³/mol. The third-order valence-corrected chi connectivity index (χ3v) is 5.02. The van der Waals surface area contributed by atoms with Crippen LogP contribution in [-0.2, 0) is 14.3 Å². The highest BCUT2D eigenvalue weighted by molar-refractivity contribution is 6.02. The van der Waals surface area contributed by atoms with E-state index in [2.05, 4.69) is 16.2 Å². The zero-order chi connectivity index (χ0) is 21.3. The number of aliphatic hydroxyl groups excluding tert-OH is 1. The van der Waals surface area contributed by atoms with Gasteiger partial charge in [-0.15, -0.1) is 6.42 Å². The van der Waals surface area contributed by atoms with Crippen molar-refractivity contribution in [3.63, 3.8) is 0 Å². The number of allylic oxidation sites excluding steroid dienone is 1. The fraction of sp³-hybridized carbons (Fsp3) is 0.333. The van der Waals surface area contributed by atoms with Gasteiger partial charge >= 0.3 is 0 Å². The van der Waals surface area contributed by atoms with Crippen LogP contribution in [0.15, 0.2) is 60.6 Å². The Morgan fingerprint density at radius 3 is 2.77 bits per heavy atom. The van der Waals surface area contributed by atoms with Gasteiger partial charge in [-0.05, 0) is 55.7 Å². The van der Waals surface area contributed by atoms with E-state index in [0.29, 0.717) is 25.1 Å². The number of aliphatic hydroxyl groups is 1. The van der Waals surface area contributed by atoms with Crippen LogP contribution in [0, 0.1) is 18.3 Å². The minimum Gasteiger partial charge on any atom is -0.459 e. The largest absolute Gasteiger partial charge is 0.459 e. The first kappa shape index (κ1) is 21.6. The van der Waals surface area contributed by atoms with Gasteiger partial charge in [-0.1, -0.05) is 18.1 Å². The minimum absolute atomic E-state index is 0.0521. The van der Waals surface area contributed by atoms with E-state index in [1.54, 1.807) is 24.5 Å². The number of carbonyl (C=O) groups excluding carboxylic acids is 1. The number of benzene rings is 1. The van der Waals surface area contributed by atoms with Crippen LogP contribution in [0.25, 0.3) is 0 Å². The molecule has 6 heteroatoms. The average molecular weight is 406 g/mol. The maximum Gasteiger partial charge on any atom is 0.290 e. The van der Waals surface area contributed by atoms with Crippen molar-refractivity contribution in [2.24, 2.45) is 5.92 Å². The molecule has 2 aromatic rings. The number of hydrogen-bond acceptors (Lipinski definition) is 5. The molecule has 0 aliphatic carbocycles. The summed E-state index contributed by atoms with van der Waals surface area (Å²) in [6.45, 7) is 2.41. The Morgan fingerprint density at radius 1 is 1.33 bits per heavy atom. The van der Waals surface area contributed by atoms with Gasteiger partial charge in [0.05, 0.1) is 11.9 Å². The van der Waals surface area contributed by atoms with Crippen LogP contribution in [-0.4, -0.2) is 35.5 Å². The van der Waals surface area contributed by atoms with Gasteiger partial charge in [0.15, 0.2) is 5.76 Å². The molecule has 3 rings (SSSR count). The molecule has 0 saturated carbocycles. The van der Waals surface area contributed by atoms with Crippen molar-refractivity contribution in [3.05, 3.63) is 71.8 Å². The third kappa shape index (κ3) is 5.26. The number of aromatic nitrogens is 1. The Bertz CT molecular complexity index is 903. The van der Waals surface area contributed by atoms with Gasteiger partial charge < -0.3 is 19.9 Å². The Kier molecular flexibility index (Phi) is 7.61. The van der Waals surface area contributed by atoms with Crippen molar-refractivity contribution in [2.45, 2.75) is 32.0 Å². The van der Waals surface area contributed by atoms with Gasteiger partial charge in [-0.25, -0.2) is 0 Å². The van der Waals surface area contributed by atoms with E-state index in [1.165, 1.54) is 0 Å². The number of amides is 1. The molecule has 2 heterocycles. The molecule has 6 nitrogen and oxygen atoms in total. The number of anilines is 1. The molecular weight excluding hydrogens is 380 g/mol. The Labute approximate surface area is 176 Å². The average Bonchev–Trinajstić information content (AvgIpc) is 2.78. The van der Waals surface area contributed by atoms with E-state index >= 15 is 0 Å². The van der Waals surface area contributed by atoms with Crippen LogP contribution in [0.5, 0.6) is 0 Å². The Morgan fingerprint density at radius 2 is 2.13 bits per heavy atom. The summed E-state index contributed by atoms with van der Waals surface area (Å²) < 4.78 is 11.8. The SMILES string of the molecule is C#Cc1ccc([C@@H]2C=C(C(=O)Nc3cccnc3)O[C@H](OCC)[C@@H]2CCCO)cc1. The molecule has 1 aliphatic rings. The number of pyridine rings is 1. The smallest absolute Gasteiger partial charge is 0.290 e. The molecule has 0 unspecified atom stereocenters. The first-order chi connectivity index (χ1) is 14.7. The van der Waals surface area contributed by atoms with Crippen LogP contribution in [0.2, 0.25) is 0 Å². The maximum atomic E-state index is 12.9. The quantitative estimate of drug-likeness (QED) is 0.657. The number of carbonyl (C=O) groups is 1. The van der Waals surface area contributed by atoms with Gasteiger partial charge in [0.2, 0.25) is 6.29 Å². The van der Waals surface area contributed by atoms with Crippen molar-refractivity contribution in [3.8, 4) is 12.3 Å². The fourth-order valence-electron chi connectivity index (χ4n) is 3.58. The number of nitrogens with one attached hydrogen (secondary N) is 1. The fourth-order valence-corrected chi connectivity index (χ4v) is 3.58. The molecule has 1 aromatic heterocycles. The Balaban J connectivity index is 1.93. The lowest BCUT2D eigenvalue weighted by atomic mass is 9.80. The predicted octanol–water partition coefficient (Wildman–Crippen LogP) is 3.45. The number of nitrogens with zero attached hydrogens (tertiary/aromatic N) is 1. The first-order valence-electron chi connectivity index (χ1n) is 10.0. The van der Waals surface area contributed by atoms with Crippen LogP contribution >= 0.6 is 0 Å². The molecule has 3 atom stereocenters. The highest BCUT2D eigenvalue weighted by atomic mass is 16.7. The molecule has 156 valence electrons. The normalized spacial score (nSPS) is 20.6. The molecule has 1 amide bonds. The lowest BCUT2D eigenvalue weighted by molar-refractivity contribution is -0.165. The number of rotatable bonds is 8. The van der Waals surface area contributed by atoms with Gasteiger partial charge in [-0.2, -0.15) is 0 Å². The minimum atomic E-state index is -0.599. The van der Waals surface area contributed by atoms with E-state index in [4.69, 9.17) is 15.9 Å². The second kappa shape index (κ2) is 10.6. The summed E-state index contributed by atoms with van der Waals surface area (Å²) in [6, 6.07) is 11.2. The second-order valence-corrected chi connectivity index (χ2v) is 6.99.